The van der Waals surface area contributed by atoms with E-state index in [1.54, 1.807) is 0 Å². The van der Waals surface area contributed by atoms with Crippen molar-refractivity contribution in [3.63, 3.8) is 0 Å². The molecule has 0 aromatic carbocycles. The second-order valence-electron chi connectivity index (χ2n) is 20.5. The number of carbonyl (C=O) groups excluding carboxylic acids is 3. The molecule has 0 aromatic rings. The van der Waals surface area contributed by atoms with Crippen LogP contribution in [0.3, 0.4) is 0 Å². The summed E-state index contributed by atoms with van der Waals surface area (Å²) in [5, 5.41) is 9.84. The summed E-state index contributed by atoms with van der Waals surface area (Å²) >= 11 is 0. The number of hydrogen-bond acceptors (Lipinski definition) is 10. The molecule has 0 heterocycles. The van der Waals surface area contributed by atoms with E-state index in [-0.39, 0.29) is 25.9 Å². The zero-order chi connectivity index (χ0) is 56.9. The Hall–Kier alpha value is -3.60. The van der Waals surface area contributed by atoms with Crippen LogP contribution in [0.25, 0.3) is 0 Å². The SMILES string of the molecule is CC/C=C\C/C=C\C/C=C\C/C=C\C/C=C\CCCCCC(=O)OC(COC(=O)CCCCCCC/C=C\CCCCCCCC)COP(=O)(O)OCC(CO)OC(=O)CCCCCCCCC/C=C\C/C=C\CCCCC. The fourth-order valence-electron chi connectivity index (χ4n) is 8.23. The zero-order valence-corrected chi connectivity index (χ0v) is 50.5. The van der Waals surface area contributed by atoms with Crippen LogP contribution in [-0.4, -0.2) is 66.5 Å². The fraction of sp³-hybridized carbons (Fsp3) is 0.712. The molecule has 12 heteroatoms. The maximum atomic E-state index is 12.9. The molecular weight excluding hydrogens is 1000 g/mol. The number of unbranched alkanes of at least 4 members (excludes halogenated alkanes) is 24. The van der Waals surface area contributed by atoms with E-state index in [1.165, 1.54) is 77.0 Å². The van der Waals surface area contributed by atoms with Gasteiger partial charge in [0.25, 0.3) is 0 Å². The Morgan fingerprint density at radius 3 is 1.08 bits per heavy atom. The van der Waals surface area contributed by atoms with Crippen LogP contribution in [0.15, 0.2) is 97.2 Å². The first-order valence-electron chi connectivity index (χ1n) is 31.1. The maximum absolute atomic E-state index is 12.9. The average Bonchev–Trinajstić information content (AvgIpc) is 3.43. The van der Waals surface area contributed by atoms with Gasteiger partial charge in [0.1, 0.15) is 12.7 Å². The molecule has 0 fully saturated rings. The van der Waals surface area contributed by atoms with E-state index >= 15 is 0 Å². The van der Waals surface area contributed by atoms with E-state index in [0.717, 1.165) is 128 Å². The smallest absolute Gasteiger partial charge is 0.462 e. The summed E-state index contributed by atoms with van der Waals surface area (Å²) in [4.78, 5) is 48.7. The molecule has 0 aliphatic heterocycles. The van der Waals surface area contributed by atoms with Gasteiger partial charge in [-0.05, 0) is 122 Å². The Balaban J connectivity index is 4.78. The minimum absolute atomic E-state index is 0.123. The van der Waals surface area contributed by atoms with Crippen LogP contribution in [0.1, 0.15) is 265 Å². The first-order chi connectivity index (χ1) is 38.2. The van der Waals surface area contributed by atoms with Crippen LogP contribution < -0.4 is 0 Å². The molecule has 0 radical (unpaired) electrons. The zero-order valence-electron chi connectivity index (χ0n) is 49.6. The summed E-state index contributed by atoms with van der Waals surface area (Å²) in [6.07, 6.45) is 70.7. The summed E-state index contributed by atoms with van der Waals surface area (Å²) in [5.41, 5.74) is 0. The van der Waals surface area contributed by atoms with Gasteiger partial charge in [-0.15, -0.1) is 0 Å². The van der Waals surface area contributed by atoms with Gasteiger partial charge in [-0.25, -0.2) is 4.57 Å². The van der Waals surface area contributed by atoms with Crippen molar-refractivity contribution in [2.75, 3.05) is 26.4 Å². The van der Waals surface area contributed by atoms with E-state index in [9.17, 15) is 28.9 Å². The van der Waals surface area contributed by atoms with Gasteiger partial charge in [-0.3, -0.25) is 23.4 Å². The van der Waals surface area contributed by atoms with Crippen molar-refractivity contribution in [2.45, 2.75) is 277 Å². The summed E-state index contributed by atoms with van der Waals surface area (Å²) in [6, 6.07) is 0. The molecule has 0 aromatic heterocycles. The lowest BCUT2D eigenvalue weighted by atomic mass is 10.1. The number of hydrogen-bond donors (Lipinski definition) is 2. The molecule has 0 spiro atoms. The van der Waals surface area contributed by atoms with Crippen LogP contribution in [0.2, 0.25) is 0 Å². The minimum Gasteiger partial charge on any atom is -0.462 e. The van der Waals surface area contributed by atoms with Gasteiger partial charge < -0.3 is 24.2 Å². The van der Waals surface area contributed by atoms with Crippen LogP contribution in [0.4, 0.5) is 0 Å². The number of phosphoric ester groups is 1. The minimum atomic E-state index is -4.77. The third-order valence-corrected chi connectivity index (χ3v) is 13.9. The maximum Gasteiger partial charge on any atom is 0.472 e. The van der Waals surface area contributed by atoms with Gasteiger partial charge in [0.2, 0.25) is 0 Å². The number of aliphatic hydroxyl groups is 1. The van der Waals surface area contributed by atoms with Crippen LogP contribution in [-0.2, 0) is 42.2 Å². The molecule has 11 nitrogen and oxygen atoms in total. The lowest BCUT2D eigenvalue weighted by molar-refractivity contribution is -0.161. The summed E-state index contributed by atoms with van der Waals surface area (Å²) in [6.45, 7) is 4.46. The van der Waals surface area contributed by atoms with Gasteiger partial charge >= 0.3 is 25.7 Å². The van der Waals surface area contributed by atoms with Crippen molar-refractivity contribution < 1.29 is 52.2 Å². The number of phosphoric acid groups is 1. The van der Waals surface area contributed by atoms with Crippen molar-refractivity contribution in [1.29, 1.82) is 0 Å². The van der Waals surface area contributed by atoms with E-state index in [2.05, 4.69) is 118 Å². The van der Waals surface area contributed by atoms with Gasteiger partial charge in [0.15, 0.2) is 6.10 Å². The molecule has 0 aliphatic rings. The van der Waals surface area contributed by atoms with Crippen molar-refractivity contribution >= 4 is 25.7 Å². The Labute approximate surface area is 476 Å². The van der Waals surface area contributed by atoms with Gasteiger partial charge in [0.05, 0.1) is 19.8 Å². The summed E-state index contributed by atoms with van der Waals surface area (Å²) in [5.74, 6) is -1.52. The first kappa shape index (κ1) is 74.4. The third-order valence-electron chi connectivity index (χ3n) is 13.0. The number of carbonyl (C=O) groups is 3. The Morgan fingerprint density at radius 2 is 0.667 bits per heavy atom. The van der Waals surface area contributed by atoms with Crippen molar-refractivity contribution in [3.05, 3.63) is 97.2 Å². The molecule has 0 saturated heterocycles. The Bertz CT molecular complexity index is 1680. The van der Waals surface area contributed by atoms with Gasteiger partial charge in [-0.2, -0.15) is 0 Å². The second kappa shape index (κ2) is 59.5. The molecule has 3 unspecified atom stereocenters. The highest BCUT2D eigenvalue weighted by molar-refractivity contribution is 7.47. The topological polar surface area (TPSA) is 155 Å². The number of ether oxygens (including phenoxy) is 3. The highest BCUT2D eigenvalue weighted by Gasteiger charge is 2.28. The lowest BCUT2D eigenvalue weighted by Crippen LogP contribution is -2.30. The third kappa shape index (κ3) is 57.1. The highest BCUT2D eigenvalue weighted by atomic mass is 31.2. The number of rotatable bonds is 57. The highest BCUT2D eigenvalue weighted by Crippen LogP contribution is 2.43. The quantitative estimate of drug-likeness (QED) is 0.0197. The largest absolute Gasteiger partial charge is 0.472 e. The van der Waals surface area contributed by atoms with Gasteiger partial charge in [0, 0.05) is 19.3 Å². The van der Waals surface area contributed by atoms with E-state index in [4.69, 9.17) is 23.3 Å². The predicted octanol–water partition coefficient (Wildman–Crippen LogP) is 18.8. The molecule has 0 rings (SSSR count). The molecule has 0 bridgehead atoms. The standard InChI is InChI=1S/C66H113O11P/c1-4-7-10-13-16-19-22-25-28-30-31-33-36-39-42-45-48-51-54-57-66(70)77-63(59-73-64(68)55-52-49-46-43-40-37-34-27-24-21-18-15-12-9-6-3)61-75-78(71,72)74-60-62(58-67)76-65(69)56-53-50-47-44-41-38-35-32-29-26-23-20-17-14-11-8-5-2/h7,10,16-17,19-20,25-29,31,33-34,39,42,62-63,67H,4-6,8-9,11-15,18,21-24,30,32,35-38,40-41,43-61H2,1-3H3,(H,71,72)/b10-7-,19-16-,20-17-,28-25-,29-26-,33-31-,34-27-,42-39-. The summed E-state index contributed by atoms with van der Waals surface area (Å²) in [7, 11) is -4.77. The number of allylic oxidation sites excluding steroid dienone is 16. The van der Waals surface area contributed by atoms with Gasteiger partial charge in [-0.1, -0.05) is 221 Å². The van der Waals surface area contributed by atoms with E-state index in [0.29, 0.717) is 19.3 Å². The average molecular weight is 1110 g/mol. The molecule has 448 valence electrons. The van der Waals surface area contributed by atoms with Crippen molar-refractivity contribution in [1.82, 2.24) is 0 Å². The van der Waals surface area contributed by atoms with Crippen LogP contribution in [0.5, 0.6) is 0 Å². The Morgan fingerprint density at radius 1 is 0.372 bits per heavy atom. The second-order valence-corrected chi connectivity index (χ2v) is 21.9. The molecule has 78 heavy (non-hydrogen) atoms. The number of aliphatic hydroxyl groups excluding tert-OH is 1. The van der Waals surface area contributed by atoms with E-state index in [1.807, 2.05) is 0 Å². The predicted molar refractivity (Wildman–Crippen MR) is 325 cm³/mol. The molecule has 0 aliphatic carbocycles. The Kier molecular flexibility index (Phi) is 56.8. The van der Waals surface area contributed by atoms with Crippen LogP contribution in [0, 0.1) is 0 Å². The van der Waals surface area contributed by atoms with Crippen molar-refractivity contribution in [3.8, 4) is 0 Å². The monoisotopic (exact) mass is 1110 g/mol. The number of esters is 3. The summed E-state index contributed by atoms with van der Waals surface area (Å²) < 4.78 is 39.6. The molecule has 0 amide bonds. The fourth-order valence-corrected chi connectivity index (χ4v) is 9.01. The first-order valence-corrected chi connectivity index (χ1v) is 32.6. The van der Waals surface area contributed by atoms with Crippen LogP contribution >= 0.6 is 7.82 Å². The molecular formula is C66H113O11P. The molecule has 2 N–H and O–H groups in total. The van der Waals surface area contributed by atoms with E-state index < -0.39 is 57.8 Å². The lowest BCUT2D eigenvalue weighted by Gasteiger charge is -2.21. The van der Waals surface area contributed by atoms with Crippen molar-refractivity contribution in [2.24, 2.45) is 0 Å². The molecule has 0 saturated carbocycles. The molecule has 3 atom stereocenters. The normalized spacial score (nSPS) is 14.0.